The van der Waals surface area contributed by atoms with E-state index in [1.165, 1.54) is 6.92 Å². The van der Waals surface area contributed by atoms with Crippen molar-refractivity contribution in [2.75, 3.05) is 19.6 Å². The molecule has 0 aliphatic carbocycles. The van der Waals surface area contributed by atoms with E-state index in [9.17, 15) is 14.4 Å². The van der Waals surface area contributed by atoms with Gasteiger partial charge in [0.25, 0.3) is 0 Å². The Bertz CT molecular complexity index is 309. The smallest absolute Gasteiger partial charge is 0.306 e. The molecule has 0 radical (unpaired) electrons. The number of aliphatic carboxylic acids is 1. The van der Waals surface area contributed by atoms with Gasteiger partial charge >= 0.3 is 5.97 Å². The molecular weight excluding hydrogens is 224 g/mol. The number of amides is 2. The number of likely N-dealkylation sites (tertiary alicyclic amines) is 1. The van der Waals surface area contributed by atoms with Gasteiger partial charge in [-0.15, -0.1) is 0 Å². The Balaban J connectivity index is 2.26. The number of carboxylic acids is 1. The molecule has 2 amide bonds. The zero-order valence-corrected chi connectivity index (χ0v) is 9.94. The average molecular weight is 242 g/mol. The molecule has 96 valence electrons. The second-order valence-electron chi connectivity index (χ2n) is 4.23. The molecule has 0 aromatic rings. The predicted octanol–water partition coefficient (Wildman–Crippen LogP) is -0.164. The van der Waals surface area contributed by atoms with Crippen molar-refractivity contribution in [3.63, 3.8) is 0 Å². The van der Waals surface area contributed by atoms with E-state index < -0.39 is 5.97 Å². The lowest BCUT2D eigenvalue weighted by atomic mass is 9.97. The second-order valence-corrected chi connectivity index (χ2v) is 4.23. The molecule has 6 nitrogen and oxygen atoms in total. The standard InChI is InChI=1S/C11H18N2O4/c1-8(14)12-5-2-10(15)13-6-3-9(4-7-13)11(16)17/h9H,2-7H2,1H3,(H,12,14)(H,16,17). The van der Waals surface area contributed by atoms with Crippen LogP contribution in [-0.4, -0.2) is 47.4 Å². The third-order valence-electron chi connectivity index (χ3n) is 2.91. The number of carbonyl (C=O) groups excluding carboxylic acids is 2. The van der Waals surface area contributed by atoms with Crippen molar-refractivity contribution in [3.05, 3.63) is 0 Å². The molecule has 17 heavy (non-hydrogen) atoms. The lowest BCUT2D eigenvalue weighted by Gasteiger charge is -2.30. The summed E-state index contributed by atoms with van der Waals surface area (Å²) >= 11 is 0. The first-order valence-electron chi connectivity index (χ1n) is 5.75. The van der Waals surface area contributed by atoms with E-state index in [2.05, 4.69) is 5.32 Å². The molecule has 1 aliphatic heterocycles. The van der Waals surface area contributed by atoms with Gasteiger partial charge in [-0.2, -0.15) is 0 Å². The van der Waals surface area contributed by atoms with Gasteiger partial charge in [0, 0.05) is 33.0 Å². The molecule has 2 N–H and O–H groups in total. The van der Waals surface area contributed by atoms with Gasteiger partial charge in [0.15, 0.2) is 0 Å². The molecule has 1 rings (SSSR count). The summed E-state index contributed by atoms with van der Waals surface area (Å²) in [6, 6.07) is 0. The van der Waals surface area contributed by atoms with E-state index in [0.29, 0.717) is 32.5 Å². The first-order valence-corrected chi connectivity index (χ1v) is 5.75. The summed E-state index contributed by atoms with van der Waals surface area (Å²) in [7, 11) is 0. The topological polar surface area (TPSA) is 86.7 Å². The molecule has 6 heteroatoms. The molecular formula is C11H18N2O4. The zero-order chi connectivity index (χ0) is 12.8. The molecule has 1 fully saturated rings. The predicted molar refractivity (Wildman–Crippen MR) is 60.2 cm³/mol. The summed E-state index contributed by atoms with van der Waals surface area (Å²) in [5, 5.41) is 11.4. The maximum Gasteiger partial charge on any atom is 0.306 e. The van der Waals surface area contributed by atoms with Crippen LogP contribution >= 0.6 is 0 Å². The van der Waals surface area contributed by atoms with Crippen LogP contribution in [0.1, 0.15) is 26.2 Å². The fraction of sp³-hybridized carbons (Fsp3) is 0.727. The van der Waals surface area contributed by atoms with Gasteiger partial charge in [-0.05, 0) is 12.8 Å². The van der Waals surface area contributed by atoms with Crippen molar-refractivity contribution in [2.24, 2.45) is 5.92 Å². The first-order chi connectivity index (χ1) is 8.00. The van der Waals surface area contributed by atoms with E-state index in [-0.39, 0.29) is 24.2 Å². The number of nitrogens with zero attached hydrogens (tertiary/aromatic N) is 1. The Morgan fingerprint density at radius 2 is 1.88 bits per heavy atom. The van der Waals surface area contributed by atoms with Crippen molar-refractivity contribution in [1.29, 1.82) is 0 Å². The van der Waals surface area contributed by atoms with Crippen LogP contribution in [0, 0.1) is 5.92 Å². The summed E-state index contributed by atoms with van der Waals surface area (Å²) in [5.41, 5.74) is 0. The highest BCUT2D eigenvalue weighted by Gasteiger charge is 2.26. The third kappa shape index (κ3) is 4.42. The number of carboxylic acid groups (broad SMARTS) is 1. The van der Waals surface area contributed by atoms with Crippen molar-refractivity contribution in [3.8, 4) is 0 Å². The Labute approximate surface area is 100.0 Å². The van der Waals surface area contributed by atoms with Crippen molar-refractivity contribution < 1.29 is 19.5 Å². The third-order valence-corrected chi connectivity index (χ3v) is 2.91. The lowest BCUT2D eigenvalue weighted by Crippen LogP contribution is -2.41. The van der Waals surface area contributed by atoms with Gasteiger partial charge in [0.05, 0.1) is 5.92 Å². The van der Waals surface area contributed by atoms with Gasteiger partial charge in [-0.3, -0.25) is 14.4 Å². The second kappa shape index (κ2) is 6.22. The van der Waals surface area contributed by atoms with Gasteiger partial charge in [-0.25, -0.2) is 0 Å². The molecule has 0 aromatic carbocycles. The minimum absolute atomic E-state index is 0.0254. The summed E-state index contributed by atoms with van der Waals surface area (Å²) in [6.45, 7) is 2.74. The normalized spacial score (nSPS) is 16.6. The fourth-order valence-corrected chi connectivity index (χ4v) is 1.88. The summed E-state index contributed by atoms with van der Waals surface area (Å²) in [6.07, 6.45) is 1.31. The van der Waals surface area contributed by atoms with Crippen LogP contribution in [0.5, 0.6) is 0 Å². The molecule has 1 aliphatic rings. The van der Waals surface area contributed by atoms with Gasteiger partial charge in [0.1, 0.15) is 0 Å². The van der Waals surface area contributed by atoms with E-state index in [4.69, 9.17) is 5.11 Å². The number of hydrogen-bond donors (Lipinski definition) is 2. The summed E-state index contributed by atoms with van der Waals surface area (Å²) in [4.78, 5) is 34.7. The number of piperidine rings is 1. The number of rotatable bonds is 4. The fourth-order valence-electron chi connectivity index (χ4n) is 1.88. The maximum atomic E-state index is 11.7. The number of hydrogen-bond acceptors (Lipinski definition) is 3. The maximum absolute atomic E-state index is 11.7. The Hall–Kier alpha value is -1.59. The zero-order valence-electron chi connectivity index (χ0n) is 9.94. The van der Waals surface area contributed by atoms with Crippen LogP contribution in [0.4, 0.5) is 0 Å². The first kappa shape index (κ1) is 13.5. The van der Waals surface area contributed by atoms with Crippen LogP contribution in [0.25, 0.3) is 0 Å². The summed E-state index contributed by atoms with van der Waals surface area (Å²) in [5.74, 6) is -1.28. The number of nitrogens with one attached hydrogen (secondary N) is 1. The molecule has 0 bridgehead atoms. The average Bonchev–Trinajstić information content (AvgIpc) is 2.28. The van der Waals surface area contributed by atoms with Crippen LogP contribution in [0.2, 0.25) is 0 Å². The van der Waals surface area contributed by atoms with Crippen molar-refractivity contribution in [1.82, 2.24) is 10.2 Å². The lowest BCUT2D eigenvalue weighted by molar-refractivity contribution is -0.145. The highest BCUT2D eigenvalue weighted by Crippen LogP contribution is 2.17. The molecule has 0 saturated carbocycles. The van der Waals surface area contributed by atoms with Crippen LogP contribution in [0.3, 0.4) is 0 Å². The minimum atomic E-state index is -0.782. The number of carbonyl (C=O) groups is 3. The molecule has 1 heterocycles. The van der Waals surface area contributed by atoms with E-state index >= 15 is 0 Å². The largest absolute Gasteiger partial charge is 0.481 e. The van der Waals surface area contributed by atoms with E-state index in [1.807, 2.05) is 0 Å². The van der Waals surface area contributed by atoms with Crippen LogP contribution in [-0.2, 0) is 14.4 Å². The van der Waals surface area contributed by atoms with Crippen LogP contribution < -0.4 is 5.32 Å². The highest BCUT2D eigenvalue weighted by molar-refractivity contribution is 5.78. The minimum Gasteiger partial charge on any atom is -0.481 e. The molecule has 0 spiro atoms. The summed E-state index contributed by atoms with van der Waals surface area (Å²) < 4.78 is 0. The van der Waals surface area contributed by atoms with Crippen molar-refractivity contribution >= 4 is 17.8 Å². The molecule has 0 unspecified atom stereocenters. The Morgan fingerprint density at radius 1 is 1.29 bits per heavy atom. The highest BCUT2D eigenvalue weighted by atomic mass is 16.4. The quantitative estimate of drug-likeness (QED) is 0.717. The van der Waals surface area contributed by atoms with Crippen LogP contribution in [0.15, 0.2) is 0 Å². The molecule has 0 aromatic heterocycles. The van der Waals surface area contributed by atoms with E-state index in [0.717, 1.165) is 0 Å². The van der Waals surface area contributed by atoms with Gasteiger partial charge in [-0.1, -0.05) is 0 Å². The van der Waals surface area contributed by atoms with Gasteiger partial charge in [0.2, 0.25) is 11.8 Å². The SMILES string of the molecule is CC(=O)NCCC(=O)N1CCC(C(=O)O)CC1. The van der Waals surface area contributed by atoms with Gasteiger partial charge < -0.3 is 15.3 Å². The van der Waals surface area contributed by atoms with E-state index in [1.54, 1.807) is 4.90 Å². The monoisotopic (exact) mass is 242 g/mol. The molecule has 1 saturated heterocycles. The Morgan fingerprint density at radius 3 is 2.35 bits per heavy atom. The molecule has 0 atom stereocenters. The Kier molecular flexibility index (Phi) is 4.93. The van der Waals surface area contributed by atoms with Crippen molar-refractivity contribution in [2.45, 2.75) is 26.2 Å².